The monoisotopic (exact) mass is 318 g/mol. The topological polar surface area (TPSA) is 75.3 Å². The Labute approximate surface area is 124 Å². The zero-order valence-electron chi connectivity index (χ0n) is 12.0. The molecule has 0 saturated carbocycles. The first-order valence-electron chi connectivity index (χ1n) is 6.18. The van der Waals surface area contributed by atoms with Gasteiger partial charge in [-0.25, -0.2) is 13.1 Å². The second kappa shape index (κ2) is 6.11. The van der Waals surface area contributed by atoms with Gasteiger partial charge in [0, 0.05) is 17.6 Å². The third-order valence-electron chi connectivity index (χ3n) is 2.26. The van der Waals surface area contributed by atoms with E-state index >= 15 is 0 Å². The van der Waals surface area contributed by atoms with E-state index in [1.165, 1.54) is 18.2 Å². The van der Waals surface area contributed by atoms with E-state index in [-0.39, 0.29) is 21.4 Å². The van der Waals surface area contributed by atoms with Crippen molar-refractivity contribution in [3.63, 3.8) is 0 Å². The average Bonchev–Trinajstić information content (AvgIpc) is 2.26. The summed E-state index contributed by atoms with van der Waals surface area (Å²) < 4.78 is 27.1. The lowest BCUT2D eigenvalue weighted by atomic mass is 10.1. The van der Waals surface area contributed by atoms with Gasteiger partial charge >= 0.3 is 0 Å². The van der Waals surface area contributed by atoms with Gasteiger partial charge in [-0.15, -0.1) is 0 Å². The molecule has 0 spiro atoms. The summed E-state index contributed by atoms with van der Waals surface area (Å²) in [5.41, 5.74) is -0.380. The van der Waals surface area contributed by atoms with Crippen molar-refractivity contribution >= 4 is 27.5 Å². The minimum Gasteiger partial charge on any atom is -0.352 e. The molecule has 2 N–H and O–H groups in total. The highest BCUT2D eigenvalue weighted by Crippen LogP contribution is 2.24. The molecule has 5 nitrogen and oxygen atoms in total. The van der Waals surface area contributed by atoms with Gasteiger partial charge in [-0.1, -0.05) is 11.6 Å². The predicted molar refractivity (Wildman–Crippen MR) is 79.5 cm³/mol. The summed E-state index contributed by atoms with van der Waals surface area (Å²) in [4.78, 5) is 11.7. The Hall–Kier alpha value is -1.11. The van der Waals surface area contributed by atoms with Crippen LogP contribution in [0.1, 0.15) is 38.1 Å². The molecule has 1 rings (SSSR count). The number of carbonyl (C=O) groups excluding carboxylic acids is 1. The maximum absolute atomic E-state index is 12.3. The van der Waals surface area contributed by atoms with Crippen molar-refractivity contribution < 1.29 is 13.2 Å². The minimum absolute atomic E-state index is 0.0785. The van der Waals surface area contributed by atoms with Crippen LogP contribution in [-0.2, 0) is 10.0 Å². The molecular formula is C13H19ClN2O3S. The second-order valence-corrected chi connectivity index (χ2v) is 7.42. The lowest BCUT2D eigenvalue weighted by Crippen LogP contribution is -2.40. The fraction of sp³-hybridized carbons (Fsp3) is 0.462. The van der Waals surface area contributed by atoms with Gasteiger partial charge in [-0.2, -0.15) is 0 Å². The Morgan fingerprint density at radius 2 is 1.90 bits per heavy atom. The molecule has 20 heavy (non-hydrogen) atoms. The van der Waals surface area contributed by atoms with Gasteiger partial charge in [0.2, 0.25) is 10.0 Å². The average molecular weight is 319 g/mol. The van der Waals surface area contributed by atoms with Gasteiger partial charge in [0.25, 0.3) is 5.91 Å². The minimum atomic E-state index is -3.78. The summed E-state index contributed by atoms with van der Waals surface area (Å²) in [6, 6.07) is 4.17. The van der Waals surface area contributed by atoms with Crippen molar-refractivity contribution in [3.05, 3.63) is 28.8 Å². The summed E-state index contributed by atoms with van der Waals surface area (Å²) in [7, 11) is -3.78. The number of nitrogens with one attached hydrogen (secondary N) is 2. The van der Waals surface area contributed by atoms with Gasteiger partial charge in [0.1, 0.15) is 4.90 Å². The second-order valence-electron chi connectivity index (χ2n) is 5.36. The van der Waals surface area contributed by atoms with Gasteiger partial charge in [0.05, 0.1) is 5.02 Å². The molecule has 1 amide bonds. The molecule has 0 unspecified atom stereocenters. The van der Waals surface area contributed by atoms with E-state index < -0.39 is 15.6 Å². The quantitative estimate of drug-likeness (QED) is 0.893. The van der Waals surface area contributed by atoms with Crippen LogP contribution in [0.3, 0.4) is 0 Å². The van der Waals surface area contributed by atoms with Crippen LogP contribution in [0, 0.1) is 0 Å². The van der Waals surface area contributed by atoms with E-state index in [0.29, 0.717) is 6.54 Å². The van der Waals surface area contributed by atoms with Crippen LogP contribution < -0.4 is 10.0 Å². The van der Waals surface area contributed by atoms with Crippen molar-refractivity contribution in [2.75, 3.05) is 6.54 Å². The number of halogens is 1. The molecule has 1 aromatic rings. The number of sulfonamides is 1. The molecule has 0 aliphatic heterocycles. The Kier molecular flexibility index (Phi) is 5.18. The number of hydrogen-bond donors (Lipinski definition) is 2. The van der Waals surface area contributed by atoms with Crippen LogP contribution in [0.2, 0.25) is 5.02 Å². The number of rotatable bonds is 4. The van der Waals surface area contributed by atoms with Crippen LogP contribution in [0.4, 0.5) is 0 Å². The molecule has 1 aromatic carbocycles. The Morgan fingerprint density at radius 1 is 1.30 bits per heavy atom. The summed E-state index contributed by atoms with van der Waals surface area (Å²) in [5.74, 6) is -0.337. The normalized spacial score (nSPS) is 12.2. The number of hydrogen-bond acceptors (Lipinski definition) is 3. The van der Waals surface area contributed by atoms with Gasteiger partial charge in [-0.3, -0.25) is 4.79 Å². The zero-order valence-corrected chi connectivity index (χ0v) is 13.5. The largest absolute Gasteiger partial charge is 0.352 e. The van der Waals surface area contributed by atoms with Gasteiger partial charge < -0.3 is 5.32 Å². The molecule has 112 valence electrons. The van der Waals surface area contributed by atoms with Crippen LogP contribution in [-0.4, -0.2) is 26.4 Å². The fourth-order valence-corrected chi connectivity index (χ4v) is 3.52. The van der Waals surface area contributed by atoms with Gasteiger partial charge in [0.15, 0.2) is 0 Å². The van der Waals surface area contributed by atoms with Crippen molar-refractivity contribution in [1.29, 1.82) is 0 Å². The van der Waals surface area contributed by atoms with E-state index in [9.17, 15) is 13.2 Å². The molecule has 0 saturated heterocycles. The molecule has 0 radical (unpaired) electrons. The molecular weight excluding hydrogens is 300 g/mol. The third kappa shape index (κ3) is 4.47. The molecule has 0 aliphatic rings. The molecule has 0 aliphatic carbocycles. The van der Waals surface area contributed by atoms with E-state index in [1.807, 2.05) is 0 Å². The summed E-state index contributed by atoms with van der Waals surface area (Å²) in [5, 5.41) is 2.69. The highest BCUT2D eigenvalue weighted by Gasteiger charge is 2.25. The maximum atomic E-state index is 12.3. The summed E-state index contributed by atoms with van der Waals surface area (Å²) in [6.45, 7) is 7.43. The van der Waals surface area contributed by atoms with Crippen LogP contribution >= 0.6 is 11.6 Å². The molecule has 0 atom stereocenters. The summed E-state index contributed by atoms with van der Waals surface area (Å²) in [6.07, 6.45) is 0. The SMILES string of the molecule is CCNC(=O)c1ccc(Cl)c(S(=O)(=O)NC(C)(C)C)c1. The highest BCUT2D eigenvalue weighted by atomic mass is 35.5. The Balaban J connectivity index is 3.24. The molecule has 0 heterocycles. The van der Waals surface area contributed by atoms with Gasteiger partial charge in [-0.05, 0) is 45.9 Å². The molecule has 0 bridgehead atoms. The highest BCUT2D eigenvalue weighted by molar-refractivity contribution is 7.89. The Morgan fingerprint density at radius 3 is 2.40 bits per heavy atom. The van der Waals surface area contributed by atoms with E-state index in [4.69, 9.17) is 11.6 Å². The molecule has 0 aromatic heterocycles. The van der Waals surface area contributed by atoms with Crippen LogP contribution in [0.25, 0.3) is 0 Å². The fourth-order valence-electron chi connectivity index (χ4n) is 1.57. The molecule has 7 heteroatoms. The van der Waals surface area contributed by atoms with Crippen LogP contribution in [0.5, 0.6) is 0 Å². The smallest absolute Gasteiger partial charge is 0.251 e. The standard InChI is InChI=1S/C13H19ClN2O3S/c1-5-15-12(17)9-6-7-10(14)11(8-9)20(18,19)16-13(2,3)4/h6-8,16H,5H2,1-4H3,(H,15,17). The van der Waals surface area contributed by atoms with E-state index in [0.717, 1.165) is 0 Å². The van der Waals surface area contributed by atoms with Crippen molar-refractivity contribution in [3.8, 4) is 0 Å². The van der Waals surface area contributed by atoms with Crippen molar-refractivity contribution in [2.45, 2.75) is 38.1 Å². The zero-order chi connectivity index (χ0) is 15.6. The Bertz CT molecular complexity index is 607. The number of benzene rings is 1. The summed E-state index contributed by atoms with van der Waals surface area (Å²) >= 11 is 5.94. The first-order valence-corrected chi connectivity index (χ1v) is 8.04. The third-order valence-corrected chi connectivity index (χ3v) is 4.50. The number of amides is 1. The van der Waals surface area contributed by atoms with Crippen LogP contribution in [0.15, 0.2) is 23.1 Å². The van der Waals surface area contributed by atoms with Crippen molar-refractivity contribution in [2.24, 2.45) is 0 Å². The van der Waals surface area contributed by atoms with E-state index in [2.05, 4.69) is 10.0 Å². The molecule has 0 fully saturated rings. The lowest BCUT2D eigenvalue weighted by Gasteiger charge is -2.21. The predicted octanol–water partition coefficient (Wildman–Crippen LogP) is 2.17. The number of carbonyl (C=O) groups is 1. The van der Waals surface area contributed by atoms with E-state index in [1.54, 1.807) is 27.7 Å². The first kappa shape index (κ1) is 16.9. The first-order chi connectivity index (χ1) is 9.07. The lowest BCUT2D eigenvalue weighted by molar-refractivity contribution is 0.0955. The maximum Gasteiger partial charge on any atom is 0.251 e. The van der Waals surface area contributed by atoms with Crippen molar-refractivity contribution in [1.82, 2.24) is 10.0 Å².